The Hall–Kier alpha value is -1.70. The van der Waals surface area contributed by atoms with E-state index in [1.54, 1.807) is 0 Å². The van der Waals surface area contributed by atoms with Gasteiger partial charge in [-0.25, -0.2) is 0 Å². The molecule has 1 aromatic carbocycles. The zero-order chi connectivity index (χ0) is 17.0. The second kappa shape index (κ2) is 8.96. The number of methoxy groups -OCH3 is 1. The minimum atomic E-state index is -0.639. The molecule has 2 rings (SSSR count). The molecule has 1 atom stereocenters. The first-order chi connectivity index (χ1) is 11.0. The molecule has 9 heteroatoms. The highest BCUT2D eigenvalue weighted by atomic mass is 35.5. The molecular formula is C15H21Cl2N3O4. The molecule has 0 heterocycles. The number of hydrogen-bond donors (Lipinski definition) is 3. The Morgan fingerprint density at radius 2 is 2.08 bits per heavy atom. The Bertz CT molecular complexity index is 609. The lowest BCUT2D eigenvalue weighted by Crippen LogP contribution is -2.41. The number of nitrogens with two attached hydrogens (primary N) is 2. The predicted molar refractivity (Wildman–Crippen MR) is 93.0 cm³/mol. The van der Waals surface area contributed by atoms with E-state index in [9.17, 15) is 9.59 Å². The minimum absolute atomic E-state index is 0. The van der Waals surface area contributed by atoms with Gasteiger partial charge in [-0.1, -0.05) is 11.6 Å². The summed E-state index contributed by atoms with van der Waals surface area (Å²) in [5.74, 6) is -0.0599. The monoisotopic (exact) mass is 377 g/mol. The van der Waals surface area contributed by atoms with Gasteiger partial charge in [-0.3, -0.25) is 9.59 Å². The van der Waals surface area contributed by atoms with E-state index in [0.717, 1.165) is 12.8 Å². The number of rotatable bonds is 8. The van der Waals surface area contributed by atoms with Gasteiger partial charge < -0.3 is 26.3 Å². The molecule has 1 aliphatic carbocycles. The molecule has 1 aromatic rings. The fourth-order valence-corrected chi connectivity index (χ4v) is 2.52. The number of nitrogens with one attached hydrogen (secondary N) is 1. The van der Waals surface area contributed by atoms with Crippen LogP contribution >= 0.6 is 24.0 Å². The van der Waals surface area contributed by atoms with Crippen LogP contribution in [0.15, 0.2) is 12.1 Å². The van der Waals surface area contributed by atoms with Crippen LogP contribution in [0.3, 0.4) is 0 Å². The fraction of sp³-hybridized carbons (Fsp3) is 0.467. The van der Waals surface area contributed by atoms with Crippen LogP contribution in [0.25, 0.3) is 0 Å². The number of amides is 2. The number of hydrogen-bond acceptors (Lipinski definition) is 5. The summed E-state index contributed by atoms with van der Waals surface area (Å²) in [5.41, 5.74) is 11.1. The van der Waals surface area contributed by atoms with Crippen molar-refractivity contribution < 1.29 is 19.1 Å². The van der Waals surface area contributed by atoms with Crippen LogP contribution in [0.1, 0.15) is 23.2 Å². The fourth-order valence-electron chi connectivity index (χ4n) is 2.25. The zero-order valence-corrected chi connectivity index (χ0v) is 14.8. The van der Waals surface area contributed by atoms with E-state index in [2.05, 4.69) is 5.32 Å². The van der Waals surface area contributed by atoms with Crippen LogP contribution in [0, 0.1) is 5.92 Å². The molecule has 0 aliphatic heterocycles. The SMILES string of the molecule is COc1cc(C(=O)NC(CN)C2CC2)cc(Cl)c1OCC(N)=O.Cl. The van der Waals surface area contributed by atoms with Gasteiger partial charge in [0.15, 0.2) is 18.1 Å². The Morgan fingerprint density at radius 3 is 2.58 bits per heavy atom. The maximum atomic E-state index is 12.3. The smallest absolute Gasteiger partial charge is 0.255 e. The molecule has 7 nitrogen and oxygen atoms in total. The van der Waals surface area contributed by atoms with E-state index in [1.807, 2.05) is 0 Å². The van der Waals surface area contributed by atoms with Gasteiger partial charge in [0.05, 0.1) is 12.1 Å². The first-order valence-corrected chi connectivity index (χ1v) is 7.63. The molecule has 1 saturated carbocycles. The van der Waals surface area contributed by atoms with Crippen LogP contribution in [0.5, 0.6) is 11.5 Å². The molecule has 1 aliphatic rings. The van der Waals surface area contributed by atoms with E-state index in [1.165, 1.54) is 19.2 Å². The molecule has 0 bridgehead atoms. The molecule has 0 aromatic heterocycles. The van der Waals surface area contributed by atoms with Gasteiger partial charge in [0.1, 0.15) is 0 Å². The molecule has 1 unspecified atom stereocenters. The van der Waals surface area contributed by atoms with Crippen LogP contribution in [-0.4, -0.2) is 38.1 Å². The summed E-state index contributed by atoms with van der Waals surface area (Å²) >= 11 is 6.12. The normalized spacial score (nSPS) is 14.3. The Morgan fingerprint density at radius 1 is 1.42 bits per heavy atom. The Balaban J connectivity index is 0.00000288. The molecular weight excluding hydrogens is 357 g/mol. The molecule has 2 amide bonds. The van der Waals surface area contributed by atoms with Crippen LogP contribution in [0.4, 0.5) is 0 Å². The highest BCUT2D eigenvalue weighted by molar-refractivity contribution is 6.32. The van der Waals surface area contributed by atoms with Gasteiger partial charge in [-0.05, 0) is 30.9 Å². The lowest BCUT2D eigenvalue weighted by atomic mass is 10.1. The van der Waals surface area contributed by atoms with Crippen molar-refractivity contribution in [1.29, 1.82) is 0 Å². The lowest BCUT2D eigenvalue weighted by molar-refractivity contribution is -0.119. The number of halogens is 2. The first-order valence-electron chi connectivity index (χ1n) is 7.25. The van der Waals surface area contributed by atoms with Gasteiger partial charge >= 0.3 is 0 Å². The van der Waals surface area contributed by atoms with Crippen molar-refractivity contribution in [3.8, 4) is 11.5 Å². The highest BCUT2D eigenvalue weighted by Gasteiger charge is 2.31. The average Bonchev–Trinajstić information content (AvgIpc) is 3.34. The summed E-state index contributed by atoms with van der Waals surface area (Å²) in [5, 5.41) is 3.06. The molecule has 24 heavy (non-hydrogen) atoms. The van der Waals surface area contributed by atoms with Crippen LogP contribution in [0.2, 0.25) is 5.02 Å². The van der Waals surface area contributed by atoms with E-state index in [-0.39, 0.29) is 47.5 Å². The highest BCUT2D eigenvalue weighted by Crippen LogP contribution is 2.37. The Labute approximate surface area is 151 Å². The topological polar surface area (TPSA) is 117 Å². The summed E-state index contributed by atoms with van der Waals surface area (Å²) in [4.78, 5) is 23.2. The van der Waals surface area contributed by atoms with Crippen molar-refractivity contribution >= 4 is 35.8 Å². The number of ether oxygens (including phenoxy) is 2. The van der Waals surface area contributed by atoms with Crippen molar-refractivity contribution in [2.24, 2.45) is 17.4 Å². The largest absolute Gasteiger partial charge is 0.493 e. The maximum Gasteiger partial charge on any atom is 0.255 e. The van der Waals surface area contributed by atoms with Crippen molar-refractivity contribution in [3.63, 3.8) is 0 Å². The Kier molecular flexibility index (Phi) is 7.59. The van der Waals surface area contributed by atoms with Crippen molar-refractivity contribution in [2.75, 3.05) is 20.3 Å². The van der Waals surface area contributed by atoms with Crippen LogP contribution in [-0.2, 0) is 4.79 Å². The minimum Gasteiger partial charge on any atom is -0.493 e. The van der Waals surface area contributed by atoms with Gasteiger partial charge in [0.25, 0.3) is 11.8 Å². The average molecular weight is 378 g/mol. The van der Waals surface area contributed by atoms with Crippen molar-refractivity contribution in [2.45, 2.75) is 18.9 Å². The number of primary amides is 1. The maximum absolute atomic E-state index is 12.3. The third-order valence-electron chi connectivity index (χ3n) is 3.61. The summed E-state index contributed by atoms with van der Waals surface area (Å²) < 4.78 is 10.4. The standard InChI is InChI=1S/C15H20ClN3O4.ClH/c1-22-12-5-9(4-10(16)14(12)23-7-13(18)20)15(21)19-11(6-17)8-2-3-8;/h4-5,8,11H,2-3,6-7,17H2,1H3,(H2,18,20)(H,19,21);1H. The first kappa shape index (κ1) is 20.3. The third kappa shape index (κ3) is 5.15. The molecule has 134 valence electrons. The van der Waals surface area contributed by atoms with E-state index in [0.29, 0.717) is 18.0 Å². The van der Waals surface area contributed by atoms with E-state index in [4.69, 9.17) is 32.5 Å². The summed E-state index contributed by atoms with van der Waals surface area (Å²) in [7, 11) is 1.41. The summed E-state index contributed by atoms with van der Waals surface area (Å²) in [6.45, 7) is 0.0552. The number of benzene rings is 1. The second-order valence-corrected chi connectivity index (χ2v) is 5.80. The van der Waals surface area contributed by atoms with Gasteiger partial charge in [0, 0.05) is 18.2 Å². The van der Waals surface area contributed by atoms with Crippen LogP contribution < -0.4 is 26.3 Å². The number of carbonyl (C=O) groups is 2. The second-order valence-electron chi connectivity index (χ2n) is 5.40. The third-order valence-corrected chi connectivity index (χ3v) is 3.89. The predicted octanol–water partition coefficient (Wildman–Crippen LogP) is 1.10. The molecule has 0 spiro atoms. The molecule has 5 N–H and O–H groups in total. The molecule has 1 fully saturated rings. The van der Waals surface area contributed by atoms with Crippen molar-refractivity contribution in [3.05, 3.63) is 22.7 Å². The summed E-state index contributed by atoms with van der Waals surface area (Å²) in [6.07, 6.45) is 2.15. The summed E-state index contributed by atoms with van der Waals surface area (Å²) in [6, 6.07) is 2.91. The quantitative estimate of drug-likeness (QED) is 0.626. The van der Waals surface area contributed by atoms with Gasteiger partial charge in [0.2, 0.25) is 0 Å². The van der Waals surface area contributed by atoms with E-state index < -0.39 is 5.91 Å². The molecule has 0 saturated heterocycles. The van der Waals surface area contributed by atoms with Gasteiger partial charge in [-0.2, -0.15) is 0 Å². The number of carbonyl (C=O) groups excluding carboxylic acids is 2. The lowest BCUT2D eigenvalue weighted by Gasteiger charge is -2.17. The molecule has 0 radical (unpaired) electrons. The van der Waals surface area contributed by atoms with Gasteiger partial charge in [-0.15, -0.1) is 12.4 Å². The van der Waals surface area contributed by atoms with E-state index >= 15 is 0 Å². The van der Waals surface area contributed by atoms with Crippen molar-refractivity contribution in [1.82, 2.24) is 5.32 Å². The zero-order valence-electron chi connectivity index (χ0n) is 13.2.